The topological polar surface area (TPSA) is 32.3 Å². The second kappa shape index (κ2) is 6.25. The van der Waals surface area contributed by atoms with Gasteiger partial charge in [0.05, 0.1) is 5.75 Å². The number of hydrogen-bond acceptors (Lipinski definition) is 3. The molecule has 18 heavy (non-hydrogen) atoms. The summed E-state index contributed by atoms with van der Waals surface area (Å²) in [6.07, 6.45) is 0. The number of thioether (sulfide) groups is 1. The fourth-order valence-electron chi connectivity index (χ4n) is 2.15. The predicted molar refractivity (Wildman–Crippen MR) is 75.9 cm³/mol. The first-order valence-corrected chi connectivity index (χ1v) is 7.35. The minimum atomic E-state index is 0.247. The predicted octanol–water partition coefficient (Wildman–Crippen LogP) is 1.91. The maximum Gasteiger partial charge on any atom is 0.233 e. The molecule has 0 unspecified atom stereocenters. The highest BCUT2D eigenvalue weighted by Crippen LogP contribution is 2.22. The minimum Gasteiger partial charge on any atom is -0.337 e. The summed E-state index contributed by atoms with van der Waals surface area (Å²) >= 11 is 1.64. The van der Waals surface area contributed by atoms with Gasteiger partial charge in [-0.25, -0.2) is 0 Å². The number of nitrogens with zero attached hydrogens (tertiary/aromatic N) is 1. The smallest absolute Gasteiger partial charge is 0.233 e. The quantitative estimate of drug-likeness (QED) is 0.846. The molecule has 0 saturated carbocycles. The van der Waals surface area contributed by atoms with E-state index in [0.717, 1.165) is 19.6 Å². The van der Waals surface area contributed by atoms with Crippen LogP contribution < -0.4 is 5.32 Å². The first-order valence-electron chi connectivity index (χ1n) is 6.37. The average molecular weight is 264 g/mol. The van der Waals surface area contributed by atoms with Crippen molar-refractivity contribution in [1.82, 2.24) is 10.2 Å². The van der Waals surface area contributed by atoms with Crippen LogP contribution in [0.25, 0.3) is 0 Å². The van der Waals surface area contributed by atoms with Gasteiger partial charge in [-0.1, -0.05) is 18.2 Å². The van der Waals surface area contributed by atoms with Crippen LogP contribution in [-0.2, 0) is 4.79 Å². The molecule has 1 aromatic carbocycles. The minimum absolute atomic E-state index is 0.247. The average Bonchev–Trinajstić information content (AvgIpc) is 2.38. The molecule has 0 aliphatic carbocycles. The highest BCUT2D eigenvalue weighted by molar-refractivity contribution is 8.00. The monoisotopic (exact) mass is 264 g/mol. The van der Waals surface area contributed by atoms with Crippen LogP contribution in [0, 0.1) is 6.92 Å². The first kappa shape index (κ1) is 13.4. The molecule has 1 aliphatic rings. The van der Waals surface area contributed by atoms with Crippen LogP contribution in [0.4, 0.5) is 0 Å². The van der Waals surface area contributed by atoms with Crippen LogP contribution in [0.5, 0.6) is 0 Å². The Morgan fingerprint density at radius 1 is 1.50 bits per heavy atom. The van der Waals surface area contributed by atoms with Gasteiger partial charge in [0, 0.05) is 30.6 Å². The summed E-state index contributed by atoms with van der Waals surface area (Å²) in [6.45, 7) is 6.82. The van der Waals surface area contributed by atoms with Gasteiger partial charge < -0.3 is 10.2 Å². The Labute approximate surface area is 113 Å². The van der Waals surface area contributed by atoms with E-state index in [2.05, 4.69) is 31.3 Å². The number of rotatable bonds is 3. The molecule has 98 valence electrons. The van der Waals surface area contributed by atoms with E-state index in [4.69, 9.17) is 0 Å². The number of nitrogens with one attached hydrogen (secondary N) is 1. The van der Waals surface area contributed by atoms with E-state index in [0.29, 0.717) is 11.8 Å². The summed E-state index contributed by atoms with van der Waals surface area (Å²) in [5.41, 5.74) is 1.24. The lowest BCUT2D eigenvalue weighted by atomic mass is 10.2. The second-order valence-corrected chi connectivity index (χ2v) is 5.71. The molecular formula is C14H20N2OS. The van der Waals surface area contributed by atoms with Gasteiger partial charge in [-0.2, -0.15) is 0 Å². The van der Waals surface area contributed by atoms with Crippen LogP contribution in [0.15, 0.2) is 29.2 Å². The van der Waals surface area contributed by atoms with E-state index in [9.17, 15) is 4.79 Å². The number of benzene rings is 1. The molecule has 0 spiro atoms. The van der Waals surface area contributed by atoms with E-state index < -0.39 is 0 Å². The fraction of sp³-hybridized carbons (Fsp3) is 0.500. The van der Waals surface area contributed by atoms with Crippen molar-refractivity contribution >= 4 is 17.7 Å². The van der Waals surface area contributed by atoms with Gasteiger partial charge in [-0.05, 0) is 25.5 Å². The Hall–Kier alpha value is -1.00. The number of aryl methyl sites for hydroxylation is 1. The first-order chi connectivity index (χ1) is 8.68. The Bertz CT molecular complexity index is 422. The molecule has 2 rings (SSSR count). The fourth-order valence-corrected chi connectivity index (χ4v) is 3.07. The van der Waals surface area contributed by atoms with Gasteiger partial charge in [-0.15, -0.1) is 11.8 Å². The van der Waals surface area contributed by atoms with Crippen molar-refractivity contribution in [1.29, 1.82) is 0 Å². The maximum atomic E-state index is 12.2. The lowest BCUT2D eigenvalue weighted by Gasteiger charge is -2.34. The van der Waals surface area contributed by atoms with Gasteiger partial charge in [0.2, 0.25) is 5.91 Å². The van der Waals surface area contributed by atoms with E-state index in [1.807, 2.05) is 17.0 Å². The summed E-state index contributed by atoms with van der Waals surface area (Å²) in [4.78, 5) is 15.4. The van der Waals surface area contributed by atoms with E-state index in [1.54, 1.807) is 11.8 Å². The van der Waals surface area contributed by atoms with Crippen LogP contribution in [-0.4, -0.2) is 42.2 Å². The highest BCUT2D eigenvalue weighted by atomic mass is 32.2. The van der Waals surface area contributed by atoms with Crippen LogP contribution >= 0.6 is 11.8 Å². The Morgan fingerprint density at radius 2 is 2.28 bits per heavy atom. The zero-order valence-corrected chi connectivity index (χ0v) is 11.8. The molecule has 1 amide bonds. The van der Waals surface area contributed by atoms with Crippen LogP contribution in [0.1, 0.15) is 12.5 Å². The van der Waals surface area contributed by atoms with E-state index in [1.165, 1.54) is 10.5 Å². The van der Waals surface area contributed by atoms with Crippen molar-refractivity contribution in [3.05, 3.63) is 29.8 Å². The molecular weight excluding hydrogens is 244 g/mol. The number of carbonyl (C=O) groups excluding carboxylic acids is 1. The summed E-state index contributed by atoms with van der Waals surface area (Å²) in [7, 11) is 0. The molecule has 1 aromatic rings. The summed E-state index contributed by atoms with van der Waals surface area (Å²) < 4.78 is 0. The molecule has 1 saturated heterocycles. The summed E-state index contributed by atoms with van der Waals surface area (Å²) in [5.74, 6) is 0.784. The van der Waals surface area contributed by atoms with Crippen LogP contribution in [0.2, 0.25) is 0 Å². The van der Waals surface area contributed by atoms with Crippen molar-refractivity contribution in [2.45, 2.75) is 24.8 Å². The standard InChI is InChI=1S/C14H20N2OS/c1-11-5-3-4-6-13(11)18-10-14(17)16-8-7-15-9-12(16)2/h3-6,12,15H,7-10H2,1-2H3/t12-/m0/s1. The van der Waals surface area contributed by atoms with Crippen molar-refractivity contribution < 1.29 is 4.79 Å². The molecule has 4 heteroatoms. The van der Waals surface area contributed by atoms with Crippen LogP contribution in [0.3, 0.4) is 0 Å². The van der Waals surface area contributed by atoms with E-state index in [-0.39, 0.29) is 5.91 Å². The Morgan fingerprint density at radius 3 is 3.00 bits per heavy atom. The maximum absolute atomic E-state index is 12.2. The number of hydrogen-bond donors (Lipinski definition) is 1. The third kappa shape index (κ3) is 3.27. The lowest BCUT2D eigenvalue weighted by molar-refractivity contribution is -0.131. The normalized spacial score (nSPS) is 19.9. The van der Waals surface area contributed by atoms with Crippen molar-refractivity contribution in [2.24, 2.45) is 0 Å². The molecule has 0 bridgehead atoms. The molecule has 1 N–H and O–H groups in total. The molecule has 1 atom stereocenters. The largest absolute Gasteiger partial charge is 0.337 e. The SMILES string of the molecule is Cc1ccccc1SCC(=O)N1CCNC[C@@H]1C. The van der Waals surface area contributed by atoms with Gasteiger partial charge >= 0.3 is 0 Å². The second-order valence-electron chi connectivity index (χ2n) is 4.69. The van der Waals surface area contributed by atoms with Gasteiger partial charge in [0.1, 0.15) is 0 Å². The number of amides is 1. The molecule has 0 aromatic heterocycles. The van der Waals surface area contributed by atoms with Crippen molar-refractivity contribution in [3.8, 4) is 0 Å². The molecule has 3 nitrogen and oxygen atoms in total. The summed E-state index contributed by atoms with van der Waals surface area (Å²) in [5, 5.41) is 3.30. The highest BCUT2D eigenvalue weighted by Gasteiger charge is 2.22. The Balaban J connectivity index is 1.90. The van der Waals surface area contributed by atoms with Crippen molar-refractivity contribution in [3.63, 3.8) is 0 Å². The van der Waals surface area contributed by atoms with Gasteiger partial charge in [0.25, 0.3) is 0 Å². The number of piperazine rings is 1. The lowest BCUT2D eigenvalue weighted by Crippen LogP contribution is -2.52. The zero-order chi connectivity index (χ0) is 13.0. The third-order valence-corrected chi connectivity index (χ3v) is 4.43. The number of carbonyl (C=O) groups is 1. The molecule has 1 heterocycles. The molecule has 0 radical (unpaired) electrons. The Kier molecular flexibility index (Phi) is 4.66. The summed E-state index contributed by atoms with van der Waals surface area (Å²) in [6, 6.07) is 8.52. The molecule has 1 fully saturated rings. The third-order valence-electron chi connectivity index (χ3n) is 3.27. The van der Waals surface area contributed by atoms with E-state index >= 15 is 0 Å². The zero-order valence-electron chi connectivity index (χ0n) is 11.0. The van der Waals surface area contributed by atoms with Gasteiger partial charge in [0.15, 0.2) is 0 Å². The molecule has 1 aliphatic heterocycles. The van der Waals surface area contributed by atoms with Gasteiger partial charge in [-0.3, -0.25) is 4.79 Å². The van der Waals surface area contributed by atoms with Crippen molar-refractivity contribution in [2.75, 3.05) is 25.4 Å².